The molecule has 108 valence electrons. The van der Waals surface area contributed by atoms with Gasteiger partial charge in [-0.15, -0.1) is 0 Å². The first-order chi connectivity index (χ1) is 9.88. The van der Waals surface area contributed by atoms with Crippen LogP contribution < -0.4 is 5.32 Å². The fourth-order valence-electron chi connectivity index (χ4n) is 1.62. The number of rotatable bonds is 3. The number of aromatic hydroxyl groups is 2. The average molecular weight is 292 g/mol. The molecule has 0 saturated heterocycles. The van der Waals surface area contributed by atoms with Gasteiger partial charge in [0, 0.05) is 12.1 Å². The van der Waals surface area contributed by atoms with Crippen LogP contribution in [0.1, 0.15) is 10.4 Å². The Morgan fingerprint density at radius 1 is 1.14 bits per heavy atom. The Hall–Kier alpha value is -3.16. The smallest absolute Gasteiger partial charge is 0.271 e. The topological polar surface area (TPSA) is 113 Å². The molecule has 0 radical (unpaired) electrons. The standard InChI is InChI=1S/C13H9FN2O5/c14-7-1-3-11(17)9(5-7)13(19)15-10-6-8(16(20)21)2-4-12(10)18/h1-6,17-18H,(H,15,19). The van der Waals surface area contributed by atoms with Crippen molar-refractivity contribution in [2.24, 2.45) is 0 Å². The minimum Gasteiger partial charge on any atom is -0.507 e. The van der Waals surface area contributed by atoms with Gasteiger partial charge in [0.05, 0.1) is 16.2 Å². The van der Waals surface area contributed by atoms with Crippen LogP contribution in [0.5, 0.6) is 11.5 Å². The molecule has 2 aromatic rings. The lowest BCUT2D eigenvalue weighted by Gasteiger charge is -2.08. The number of halogens is 1. The average Bonchev–Trinajstić information content (AvgIpc) is 2.43. The summed E-state index contributed by atoms with van der Waals surface area (Å²) in [5.41, 5.74) is -0.926. The molecule has 0 aliphatic rings. The molecular weight excluding hydrogens is 283 g/mol. The van der Waals surface area contributed by atoms with Crippen molar-refractivity contribution in [1.29, 1.82) is 0 Å². The summed E-state index contributed by atoms with van der Waals surface area (Å²) in [4.78, 5) is 21.8. The summed E-state index contributed by atoms with van der Waals surface area (Å²) in [5, 5.41) is 31.9. The van der Waals surface area contributed by atoms with E-state index in [0.29, 0.717) is 0 Å². The van der Waals surface area contributed by atoms with Gasteiger partial charge in [-0.3, -0.25) is 14.9 Å². The van der Waals surface area contributed by atoms with Crippen LogP contribution in [0.25, 0.3) is 0 Å². The summed E-state index contributed by atoms with van der Waals surface area (Å²) in [7, 11) is 0. The summed E-state index contributed by atoms with van der Waals surface area (Å²) in [6.45, 7) is 0. The molecule has 3 N–H and O–H groups in total. The summed E-state index contributed by atoms with van der Waals surface area (Å²) in [6, 6.07) is 5.82. The molecule has 2 rings (SSSR count). The molecule has 1 amide bonds. The van der Waals surface area contributed by atoms with Crippen molar-refractivity contribution in [2.75, 3.05) is 5.32 Å². The van der Waals surface area contributed by atoms with E-state index in [9.17, 15) is 29.5 Å². The number of hydrogen-bond donors (Lipinski definition) is 3. The number of benzene rings is 2. The van der Waals surface area contributed by atoms with E-state index in [-0.39, 0.29) is 16.9 Å². The van der Waals surface area contributed by atoms with Gasteiger partial charge in [0.15, 0.2) is 0 Å². The summed E-state index contributed by atoms with van der Waals surface area (Å²) in [5.74, 6) is -2.51. The third-order valence-corrected chi connectivity index (χ3v) is 2.64. The highest BCUT2D eigenvalue weighted by Gasteiger charge is 2.16. The van der Waals surface area contributed by atoms with Crippen LogP contribution in [0.2, 0.25) is 0 Å². The van der Waals surface area contributed by atoms with E-state index in [1.807, 2.05) is 0 Å². The molecular formula is C13H9FN2O5. The lowest BCUT2D eigenvalue weighted by Crippen LogP contribution is -2.12. The highest BCUT2D eigenvalue weighted by Crippen LogP contribution is 2.29. The third kappa shape index (κ3) is 3.06. The summed E-state index contributed by atoms with van der Waals surface area (Å²) in [6.07, 6.45) is 0. The Morgan fingerprint density at radius 2 is 1.81 bits per heavy atom. The molecule has 0 bridgehead atoms. The van der Waals surface area contributed by atoms with Crippen molar-refractivity contribution >= 4 is 17.3 Å². The zero-order chi connectivity index (χ0) is 15.6. The zero-order valence-corrected chi connectivity index (χ0v) is 10.4. The van der Waals surface area contributed by atoms with E-state index in [1.54, 1.807) is 0 Å². The number of carbonyl (C=O) groups is 1. The van der Waals surface area contributed by atoms with E-state index < -0.39 is 28.1 Å². The third-order valence-electron chi connectivity index (χ3n) is 2.64. The van der Waals surface area contributed by atoms with Crippen molar-refractivity contribution in [3.05, 3.63) is 57.9 Å². The second-order valence-corrected chi connectivity index (χ2v) is 4.07. The fourth-order valence-corrected chi connectivity index (χ4v) is 1.62. The van der Waals surface area contributed by atoms with E-state index >= 15 is 0 Å². The van der Waals surface area contributed by atoms with Crippen LogP contribution in [0, 0.1) is 15.9 Å². The Balaban J connectivity index is 2.33. The highest BCUT2D eigenvalue weighted by molar-refractivity contribution is 6.06. The van der Waals surface area contributed by atoms with E-state index in [1.165, 1.54) is 0 Å². The summed E-state index contributed by atoms with van der Waals surface area (Å²) >= 11 is 0. The van der Waals surface area contributed by atoms with Crippen molar-refractivity contribution < 1.29 is 24.3 Å². The fraction of sp³-hybridized carbons (Fsp3) is 0. The Bertz CT molecular complexity index is 732. The molecule has 7 nitrogen and oxygen atoms in total. The van der Waals surface area contributed by atoms with Crippen LogP contribution >= 0.6 is 0 Å². The van der Waals surface area contributed by atoms with Crippen LogP contribution in [-0.2, 0) is 0 Å². The van der Waals surface area contributed by atoms with Gasteiger partial charge in [0.2, 0.25) is 0 Å². The Kier molecular flexibility index (Phi) is 3.70. The number of carbonyl (C=O) groups excluding carboxylic acids is 1. The molecule has 2 aromatic carbocycles. The number of non-ortho nitro benzene ring substituents is 1. The van der Waals surface area contributed by atoms with Gasteiger partial charge in [0.25, 0.3) is 11.6 Å². The molecule has 0 aliphatic heterocycles. The predicted molar refractivity (Wildman–Crippen MR) is 70.8 cm³/mol. The molecule has 0 atom stereocenters. The number of nitro benzene ring substituents is 1. The summed E-state index contributed by atoms with van der Waals surface area (Å²) < 4.78 is 13.1. The highest BCUT2D eigenvalue weighted by atomic mass is 19.1. The van der Waals surface area contributed by atoms with Crippen LogP contribution in [0.15, 0.2) is 36.4 Å². The second-order valence-electron chi connectivity index (χ2n) is 4.07. The monoisotopic (exact) mass is 292 g/mol. The van der Waals surface area contributed by atoms with Gasteiger partial charge >= 0.3 is 0 Å². The molecule has 0 fully saturated rings. The van der Waals surface area contributed by atoms with Gasteiger partial charge in [0.1, 0.15) is 17.3 Å². The van der Waals surface area contributed by atoms with Crippen molar-refractivity contribution in [3.8, 4) is 11.5 Å². The maximum atomic E-state index is 13.1. The number of nitro groups is 1. The van der Waals surface area contributed by atoms with Gasteiger partial charge in [-0.05, 0) is 24.3 Å². The van der Waals surface area contributed by atoms with Gasteiger partial charge < -0.3 is 15.5 Å². The first-order valence-electron chi connectivity index (χ1n) is 5.66. The lowest BCUT2D eigenvalue weighted by atomic mass is 10.1. The molecule has 21 heavy (non-hydrogen) atoms. The normalized spacial score (nSPS) is 10.1. The number of anilines is 1. The number of amides is 1. The van der Waals surface area contributed by atoms with E-state index in [0.717, 1.165) is 36.4 Å². The molecule has 0 saturated carbocycles. The molecule has 0 aromatic heterocycles. The molecule has 0 aliphatic carbocycles. The van der Waals surface area contributed by atoms with Crippen molar-refractivity contribution in [1.82, 2.24) is 0 Å². The van der Waals surface area contributed by atoms with Gasteiger partial charge in [-0.2, -0.15) is 0 Å². The molecule has 0 unspecified atom stereocenters. The van der Waals surface area contributed by atoms with Crippen LogP contribution in [-0.4, -0.2) is 21.0 Å². The maximum Gasteiger partial charge on any atom is 0.271 e. The van der Waals surface area contributed by atoms with Crippen molar-refractivity contribution in [2.45, 2.75) is 0 Å². The molecule has 0 spiro atoms. The molecule has 8 heteroatoms. The van der Waals surface area contributed by atoms with Crippen LogP contribution in [0.4, 0.5) is 15.8 Å². The van der Waals surface area contributed by atoms with Gasteiger partial charge in [-0.25, -0.2) is 4.39 Å². The SMILES string of the molecule is O=C(Nc1cc([N+](=O)[O-])ccc1O)c1cc(F)ccc1O. The quantitative estimate of drug-likeness (QED) is 0.456. The number of nitrogens with zero attached hydrogens (tertiary/aromatic N) is 1. The minimum atomic E-state index is -0.914. The Morgan fingerprint density at radius 3 is 2.48 bits per heavy atom. The minimum absolute atomic E-state index is 0.224. The second kappa shape index (κ2) is 5.45. The maximum absolute atomic E-state index is 13.1. The first kappa shape index (κ1) is 14.3. The number of phenols is 2. The Labute approximate surface area is 117 Å². The van der Waals surface area contributed by atoms with E-state index in [2.05, 4.69) is 5.32 Å². The first-order valence-corrected chi connectivity index (χ1v) is 5.66. The molecule has 0 heterocycles. The number of nitrogens with one attached hydrogen (secondary N) is 1. The lowest BCUT2D eigenvalue weighted by molar-refractivity contribution is -0.384. The van der Waals surface area contributed by atoms with Crippen LogP contribution in [0.3, 0.4) is 0 Å². The largest absolute Gasteiger partial charge is 0.507 e. The number of hydrogen-bond acceptors (Lipinski definition) is 5. The van der Waals surface area contributed by atoms with Crippen molar-refractivity contribution in [3.63, 3.8) is 0 Å². The van der Waals surface area contributed by atoms with E-state index in [4.69, 9.17) is 0 Å². The van der Waals surface area contributed by atoms with Gasteiger partial charge in [-0.1, -0.05) is 0 Å². The zero-order valence-electron chi connectivity index (χ0n) is 10.4. The number of phenolic OH excluding ortho intramolecular Hbond substituents is 2. The predicted octanol–water partition coefficient (Wildman–Crippen LogP) is 2.40.